The number of ketones is 1. The van der Waals surface area contributed by atoms with E-state index in [2.05, 4.69) is 11.6 Å². The number of carbonyl (C=O) groups is 4. The lowest BCUT2D eigenvalue weighted by Crippen LogP contribution is -2.57. The minimum absolute atomic E-state index is 0.00933. The van der Waals surface area contributed by atoms with Crippen molar-refractivity contribution in [2.24, 2.45) is 23.2 Å². The van der Waals surface area contributed by atoms with Gasteiger partial charge in [-0.3, -0.25) is 14.4 Å². The van der Waals surface area contributed by atoms with Crippen LogP contribution >= 0.6 is 11.3 Å². The van der Waals surface area contributed by atoms with Crippen LogP contribution in [0.4, 0.5) is 0 Å². The summed E-state index contributed by atoms with van der Waals surface area (Å²) < 4.78 is 23.2. The smallest absolute Gasteiger partial charge is 0.330 e. The first-order chi connectivity index (χ1) is 19.4. The lowest BCUT2D eigenvalue weighted by molar-refractivity contribution is -0.158. The largest absolute Gasteiger partial charge is 0.460 e. The molecule has 41 heavy (non-hydrogen) atoms. The molecule has 4 fully saturated rings. The molecule has 0 amide bonds. The average molecular weight is 588 g/mol. The number of esters is 3. The Hall–Kier alpha value is -2.89. The van der Waals surface area contributed by atoms with Crippen molar-refractivity contribution in [3.8, 4) is 0 Å². The number of aromatic nitrogens is 1. The summed E-state index contributed by atoms with van der Waals surface area (Å²) in [4.78, 5) is 56.5. The third-order valence-corrected chi connectivity index (χ3v) is 10.2. The average Bonchev–Trinajstić information content (AvgIpc) is 3.33. The zero-order chi connectivity index (χ0) is 29.7. The van der Waals surface area contributed by atoms with Crippen LogP contribution in [0.1, 0.15) is 63.6 Å². The van der Waals surface area contributed by atoms with Crippen molar-refractivity contribution in [1.82, 2.24) is 4.98 Å². The number of hydrogen-bond donors (Lipinski definition) is 1. The Labute approximate surface area is 243 Å². The summed E-state index contributed by atoms with van der Waals surface area (Å²) in [6, 6.07) is 0. The molecule has 4 heterocycles. The molecule has 1 aliphatic carbocycles. The highest BCUT2D eigenvalue weighted by Crippen LogP contribution is 2.55. The molecule has 4 aliphatic rings. The van der Waals surface area contributed by atoms with Gasteiger partial charge in [0.15, 0.2) is 0 Å². The summed E-state index contributed by atoms with van der Waals surface area (Å²) in [5.74, 6) is -4.18. The Morgan fingerprint density at radius 1 is 1.29 bits per heavy atom. The van der Waals surface area contributed by atoms with E-state index in [1.54, 1.807) is 13.8 Å². The van der Waals surface area contributed by atoms with Crippen LogP contribution in [0.15, 0.2) is 23.6 Å². The number of fused-ring (bicyclic) bond motifs is 1. The van der Waals surface area contributed by atoms with Crippen LogP contribution < -0.4 is 0 Å². The summed E-state index contributed by atoms with van der Waals surface area (Å²) in [5.41, 5.74) is -0.581. The number of ether oxygens (including phenoxy) is 4. The number of carbonyl (C=O) groups excluding carboxylic acids is 4. The molecular formula is C30H37NO9S. The second kappa shape index (κ2) is 11.1. The molecule has 0 spiro atoms. The van der Waals surface area contributed by atoms with E-state index < -0.39 is 65.0 Å². The number of cyclic esters (lactones) is 1. The monoisotopic (exact) mass is 587 g/mol. The fourth-order valence-corrected chi connectivity index (χ4v) is 7.56. The SMILES string of the molecule is C=CC(=O)OCC12CCC[C@@H]3C4C(=O)O[C@@H](CC(=O)O[C@H](/C(C)=C/c5csc(C)n5)CC1O2)[C@]4(C)C(=O)[C@H](C)[C@H]3O. The van der Waals surface area contributed by atoms with E-state index in [1.807, 2.05) is 25.3 Å². The lowest BCUT2D eigenvalue weighted by Gasteiger charge is -2.45. The van der Waals surface area contributed by atoms with E-state index in [-0.39, 0.29) is 24.9 Å². The van der Waals surface area contributed by atoms with Crippen LogP contribution in [0, 0.1) is 30.1 Å². The molecular weight excluding hydrogens is 550 g/mol. The fourth-order valence-electron chi connectivity index (χ4n) is 6.99. The minimum Gasteiger partial charge on any atom is -0.460 e. The first-order valence-corrected chi connectivity index (χ1v) is 15.0. The van der Waals surface area contributed by atoms with E-state index in [4.69, 9.17) is 18.9 Å². The highest BCUT2D eigenvalue weighted by molar-refractivity contribution is 7.09. The number of aliphatic hydroxyl groups excluding tert-OH is 1. The molecule has 4 bridgehead atoms. The zero-order valence-corrected chi connectivity index (χ0v) is 24.6. The van der Waals surface area contributed by atoms with E-state index in [0.717, 1.165) is 22.4 Å². The maximum Gasteiger partial charge on any atom is 0.330 e. The third-order valence-electron chi connectivity index (χ3n) is 9.39. The molecule has 9 atom stereocenters. The maximum atomic E-state index is 13.6. The molecule has 10 nitrogen and oxygen atoms in total. The van der Waals surface area contributed by atoms with Crippen LogP contribution in [0.2, 0.25) is 0 Å². The second-order valence-corrected chi connectivity index (χ2v) is 13.0. The maximum absolute atomic E-state index is 13.6. The van der Waals surface area contributed by atoms with Crippen LogP contribution in [-0.4, -0.2) is 70.4 Å². The summed E-state index contributed by atoms with van der Waals surface area (Å²) in [6.45, 7) is 10.5. The van der Waals surface area contributed by atoms with Gasteiger partial charge in [0.2, 0.25) is 0 Å². The fraction of sp³-hybridized carbons (Fsp3) is 0.633. The van der Waals surface area contributed by atoms with Crippen LogP contribution in [0.3, 0.4) is 0 Å². The van der Waals surface area contributed by atoms with E-state index in [9.17, 15) is 24.3 Å². The zero-order valence-electron chi connectivity index (χ0n) is 23.8. The Bertz CT molecular complexity index is 1290. The summed E-state index contributed by atoms with van der Waals surface area (Å²) in [5, 5.41) is 13.9. The van der Waals surface area contributed by atoms with E-state index in [0.29, 0.717) is 25.7 Å². The molecule has 1 aromatic heterocycles. The molecule has 1 aromatic rings. The lowest BCUT2D eigenvalue weighted by atomic mass is 9.55. The van der Waals surface area contributed by atoms with Gasteiger partial charge in [0.25, 0.3) is 0 Å². The molecule has 222 valence electrons. The Balaban J connectivity index is 1.49. The standard InChI is InChI=1S/C30H37NO9S/c1-6-23(32)37-14-30-9-7-8-19-25-28(36)39-21(29(25,5)27(35)16(3)26(19)34)12-24(33)38-20(11-22(30)40-30)15(2)10-18-13-41-17(4)31-18/h6,10,13,16,19-22,25-26,34H,1,7-9,11-12,14H2,2-5H3/b15-10+/t16-,19-,20+,21+,22?,25?,26-,29+,30?/m1/s1. The highest BCUT2D eigenvalue weighted by atomic mass is 32.1. The van der Waals surface area contributed by atoms with Gasteiger partial charge < -0.3 is 24.1 Å². The summed E-state index contributed by atoms with van der Waals surface area (Å²) in [6.07, 6.45) is 1.37. The van der Waals surface area contributed by atoms with Crippen LogP contribution in [0.25, 0.3) is 6.08 Å². The van der Waals surface area contributed by atoms with Gasteiger partial charge in [-0.2, -0.15) is 0 Å². The molecule has 1 saturated carbocycles. The van der Waals surface area contributed by atoms with E-state index in [1.165, 1.54) is 11.3 Å². The number of aliphatic hydroxyl groups is 1. The van der Waals surface area contributed by atoms with Crippen molar-refractivity contribution in [1.29, 1.82) is 0 Å². The minimum atomic E-state index is -1.27. The Kier molecular flexibility index (Phi) is 7.99. The quantitative estimate of drug-likeness (QED) is 0.236. The number of hydrogen-bond acceptors (Lipinski definition) is 11. The van der Waals surface area contributed by atoms with Crippen molar-refractivity contribution >= 4 is 41.1 Å². The molecule has 0 aromatic carbocycles. The van der Waals surface area contributed by atoms with Gasteiger partial charge in [-0.25, -0.2) is 9.78 Å². The van der Waals surface area contributed by atoms with Crippen LogP contribution in [-0.2, 0) is 38.1 Å². The van der Waals surface area contributed by atoms with Crippen LogP contribution in [0.5, 0.6) is 0 Å². The topological polar surface area (TPSA) is 142 Å². The van der Waals surface area contributed by atoms with Crippen molar-refractivity contribution < 1.29 is 43.2 Å². The molecule has 3 aliphatic heterocycles. The normalized spacial score (nSPS) is 39.2. The van der Waals surface area contributed by atoms with Gasteiger partial charge in [-0.15, -0.1) is 11.3 Å². The molecule has 1 N–H and O–H groups in total. The second-order valence-electron chi connectivity index (χ2n) is 12.0. The molecule has 11 heteroatoms. The van der Waals surface area contributed by atoms with Gasteiger partial charge in [-0.05, 0) is 57.6 Å². The van der Waals surface area contributed by atoms with Gasteiger partial charge >= 0.3 is 17.9 Å². The highest BCUT2D eigenvalue weighted by Gasteiger charge is 2.67. The Morgan fingerprint density at radius 2 is 2.05 bits per heavy atom. The first-order valence-electron chi connectivity index (χ1n) is 14.1. The van der Waals surface area contributed by atoms with Crippen molar-refractivity contribution in [2.75, 3.05) is 6.61 Å². The van der Waals surface area contributed by atoms with Gasteiger partial charge in [-0.1, -0.05) is 13.5 Å². The van der Waals surface area contributed by atoms with E-state index >= 15 is 0 Å². The molecule has 3 saturated heterocycles. The van der Waals surface area contributed by atoms with Gasteiger partial charge in [0.05, 0.1) is 40.7 Å². The van der Waals surface area contributed by atoms with Gasteiger partial charge in [0.1, 0.15) is 30.2 Å². The van der Waals surface area contributed by atoms with Crippen molar-refractivity contribution in [3.63, 3.8) is 0 Å². The van der Waals surface area contributed by atoms with Gasteiger partial charge in [0, 0.05) is 23.8 Å². The van der Waals surface area contributed by atoms with Crippen molar-refractivity contribution in [3.05, 3.63) is 34.3 Å². The molecule has 0 radical (unpaired) electrons. The number of epoxide rings is 1. The first kappa shape index (κ1) is 29.6. The number of aryl methyl sites for hydroxylation is 1. The Morgan fingerprint density at radius 3 is 2.73 bits per heavy atom. The number of nitrogens with zero attached hydrogens (tertiary/aromatic N) is 1. The summed E-state index contributed by atoms with van der Waals surface area (Å²) >= 11 is 1.51. The number of rotatable bonds is 5. The summed E-state index contributed by atoms with van der Waals surface area (Å²) in [7, 11) is 0. The predicted molar refractivity (Wildman–Crippen MR) is 147 cm³/mol. The van der Waals surface area contributed by atoms with Crippen molar-refractivity contribution in [2.45, 2.75) is 89.8 Å². The third kappa shape index (κ3) is 5.39. The molecule has 5 rings (SSSR count). The predicted octanol–water partition coefficient (Wildman–Crippen LogP) is 3.34. The number of thiazole rings is 1. The number of Topliss-reactive ketones (excluding diaryl/α,β-unsaturated/α-hetero) is 1. The molecule has 3 unspecified atom stereocenters.